The van der Waals surface area contributed by atoms with E-state index in [1.807, 2.05) is 0 Å². The van der Waals surface area contributed by atoms with E-state index in [1.165, 1.54) is 0 Å². The minimum atomic E-state index is -1.15. The van der Waals surface area contributed by atoms with E-state index in [0.717, 1.165) is 0 Å². The Morgan fingerprint density at radius 2 is 2.23 bits per heavy atom. The molecule has 22 heavy (non-hydrogen) atoms. The molecule has 0 radical (unpaired) electrons. The highest BCUT2D eigenvalue weighted by atomic mass is 16.6. The van der Waals surface area contributed by atoms with Gasteiger partial charge in [-0.15, -0.1) is 0 Å². The first-order valence-electron chi connectivity index (χ1n) is 7.12. The molecule has 2 unspecified atom stereocenters. The third-order valence-electron chi connectivity index (χ3n) is 3.39. The van der Waals surface area contributed by atoms with Gasteiger partial charge in [0.25, 0.3) is 0 Å². The number of rotatable bonds is 4. The van der Waals surface area contributed by atoms with Gasteiger partial charge in [0.05, 0.1) is 0 Å². The van der Waals surface area contributed by atoms with Gasteiger partial charge in [-0.3, -0.25) is 9.78 Å². The Kier molecular flexibility index (Phi) is 4.37. The van der Waals surface area contributed by atoms with Crippen LogP contribution in [0.1, 0.15) is 39.2 Å². The summed E-state index contributed by atoms with van der Waals surface area (Å²) in [7, 11) is 0. The van der Waals surface area contributed by atoms with Crippen molar-refractivity contribution in [2.45, 2.75) is 51.0 Å². The monoisotopic (exact) mass is 307 g/mol. The molecule has 1 aromatic rings. The number of esters is 1. The average molecular weight is 307 g/mol. The quantitative estimate of drug-likeness (QED) is 0.721. The van der Waals surface area contributed by atoms with Gasteiger partial charge in [0, 0.05) is 24.4 Å². The number of aliphatic hydroxyl groups is 1. The molecule has 2 amide bonds. The summed E-state index contributed by atoms with van der Waals surface area (Å²) >= 11 is 0. The van der Waals surface area contributed by atoms with Crippen LogP contribution in [0, 0.1) is 0 Å². The second-order valence-electron chi connectivity index (χ2n) is 6.30. The van der Waals surface area contributed by atoms with E-state index >= 15 is 0 Å². The van der Waals surface area contributed by atoms with Gasteiger partial charge in [-0.2, -0.15) is 0 Å². The number of hydrogen-bond acceptors (Lipinski definition) is 5. The van der Waals surface area contributed by atoms with Crippen molar-refractivity contribution in [3.63, 3.8) is 0 Å². The molecule has 7 heteroatoms. The summed E-state index contributed by atoms with van der Waals surface area (Å²) in [5, 5.41) is 15.3. The zero-order valence-electron chi connectivity index (χ0n) is 12.9. The van der Waals surface area contributed by atoms with Gasteiger partial charge in [0.1, 0.15) is 11.1 Å². The van der Waals surface area contributed by atoms with Gasteiger partial charge in [0.15, 0.2) is 6.23 Å². The lowest BCUT2D eigenvalue weighted by molar-refractivity contribution is -0.155. The number of nitrogens with one attached hydrogen (secondary N) is 2. The summed E-state index contributed by atoms with van der Waals surface area (Å²) in [6, 6.07) is 2.97. The van der Waals surface area contributed by atoms with Crippen LogP contribution in [0.3, 0.4) is 0 Å². The van der Waals surface area contributed by atoms with Crippen LogP contribution in [0.2, 0.25) is 0 Å². The fourth-order valence-electron chi connectivity index (χ4n) is 2.45. The Bertz CT molecular complexity index is 556. The number of carbonyl (C=O) groups is 2. The number of carbonyl (C=O) groups excluding carboxylic acids is 2. The highest BCUT2D eigenvalue weighted by Gasteiger charge is 2.47. The molecule has 1 aliphatic rings. The maximum absolute atomic E-state index is 11.9. The Morgan fingerprint density at radius 1 is 1.50 bits per heavy atom. The molecule has 1 aliphatic heterocycles. The van der Waals surface area contributed by atoms with E-state index in [2.05, 4.69) is 15.6 Å². The van der Waals surface area contributed by atoms with Crippen molar-refractivity contribution in [1.29, 1.82) is 0 Å². The number of aromatic nitrogens is 1. The molecular formula is C15H21N3O4. The predicted molar refractivity (Wildman–Crippen MR) is 78.7 cm³/mol. The summed E-state index contributed by atoms with van der Waals surface area (Å²) in [6.45, 7) is 5.36. The highest BCUT2D eigenvalue weighted by Crippen LogP contribution is 2.32. The van der Waals surface area contributed by atoms with Crippen LogP contribution in [0.15, 0.2) is 24.5 Å². The van der Waals surface area contributed by atoms with Gasteiger partial charge in [-0.05, 0) is 33.3 Å². The van der Waals surface area contributed by atoms with E-state index in [9.17, 15) is 14.7 Å². The number of nitrogens with zero attached hydrogens (tertiary/aromatic N) is 1. The van der Waals surface area contributed by atoms with Crippen molar-refractivity contribution in [1.82, 2.24) is 15.6 Å². The fraction of sp³-hybridized carbons (Fsp3) is 0.533. The average Bonchev–Trinajstić information content (AvgIpc) is 2.71. The summed E-state index contributed by atoms with van der Waals surface area (Å²) < 4.78 is 5.27. The molecule has 0 aromatic carbocycles. The van der Waals surface area contributed by atoms with Gasteiger partial charge in [-0.25, -0.2) is 4.79 Å². The maximum atomic E-state index is 11.9. The van der Waals surface area contributed by atoms with Crippen molar-refractivity contribution < 1.29 is 19.4 Å². The fourth-order valence-corrected chi connectivity index (χ4v) is 2.45. The first-order chi connectivity index (χ1) is 10.2. The molecule has 120 valence electrons. The second-order valence-corrected chi connectivity index (χ2v) is 6.30. The van der Waals surface area contributed by atoms with Crippen LogP contribution >= 0.6 is 0 Å². The molecule has 3 N–H and O–H groups in total. The first-order valence-corrected chi connectivity index (χ1v) is 7.12. The Morgan fingerprint density at radius 3 is 2.73 bits per heavy atom. The Balaban J connectivity index is 2.17. The molecule has 2 atom stereocenters. The van der Waals surface area contributed by atoms with Crippen LogP contribution in [0.5, 0.6) is 0 Å². The Labute approximate surface area is 129 Å². The van der Waals surface area contributed by atoms with Crippen molar-refractivity contribution in [3.8, 4) is 0 Å². The van der Waals surface area contributed by atoms with Crippen LogP contribution in [-0.4, -0.2) is 33.9 Å². The summed E-state index contributed by atoms with van der Waals surface area (Å²) in [5.74, 6) is -0.385. The number of aliphatic hydroxyl groups excluding tert-OH is 1. The molecule has 1 fully saturated rings. The lowest BCUT2D eigenvalue weighted by Gasteiger charge is -2.31. The van der Waals surface area contributed by atoms with Crippen LogP contribution in [0.25, 0.3) is 0 Å². The molecule has 2 heterocycles. The van der Waals surface area contributed by atoms with Crippen LogP contribution in [0.4, 0.5) is 4.79 Å². The molecule has 7 nitrogen and oxygen atoms in total. The van der Waals surface area contributed by atoms with Crippen molar-refractivity contribution >= 4 is 12.0 Å². The largest absolute Gasteiger partial charge is 0.460 e. The lowest BCUT2D eigenvalue weighted by atomic mass is 9.85. The number of amides is 2. The van der Waals surface area contributed by atoms with Gasteiger partial charge in [0.2, 0.25) is 0 Å². The third kappa shape index (κ3) is 3.54. The van der Waals surface area contributed by atoms with E-state index in [0.29, 0.717) is 5.56 Å². The van der Waals surface area contributed by atoms with Gasteiger partial charge < -0.3 is 20.5 Å². The standard InChI is InChI=1S/C15H21N3O4/c1-14(2,3)22-11(19)6-7-15(10-5-4-8-16-9-10)12(20)17-13(21)18-15/h4-5,8-9,12,20H,6-7H2,1-3H3,(H2,17,18,21). The molecule has 0 spiro atoms. The summed E-state index contributed by atoms with van der Waals surface area (Å²) in [5.41, 5.74) is -1.04. The smallest absolute Gasteiger partial charge is 0.317 e. The van der Waals surface area contributed by atoms with Crippen LogP contribution < -0.4 is 10.6 Å². The molecule has 2 rings (SSSR count). The van der Waals surface area contributed by atoms with Gasteiger partial charge >= 0.3 is 12.0 Å². The van der Waals surface area contributed by atoms with E-state index in [1.54, 1.807) is 45.3 Å². The zero-order valence-corrected chi connectivity index (χ0v) is 12.9. The number of hydrogen-bond donors (Lipinski definition) is 3. The number of urea groups is 1. The van der Waals surface area contributed by atoms with Crippen molar-refractivity contribution in [3.05, 3.63) is 30.1 Å². The van der Waals surface area contributed by atoms with E-state index in [4.69, 9.17) is 4.74 Å². The van der Waals surface area contributed by atoms with E-state index < -0.39 is 23.4 Å². The predicted octanol–water partition coefficient (Wildman–Crippen LogP) is 1.03. The number of ether oxygens (including phenoxy) is 1. The molecule has 1 aromatic heterocycles. The van der Waals surface area contributed by atoms with E-state index in [-0.39, 0.29) is 18.8 Å². The third-order valence-corrected chi connectivity index (χ3v) is 3.39. The minimum absolute atomic E-state index is 0.0607. The SMILES string of the molecule is CC(C)(C)OC(=O)CCC1(c2cccnc2)NC(=O)NC1O. The molecule has 1 saturated heterocycles. The molecular weight excluding hydrogens is 286 g/mol. The van der Waals surface area contributed by atoms with Gasteiger partial charge in [-0.1, -0.05) is 6.07 Å². The summed E-state index contributed by atoms with van der Waals surface area (Å²) in [4.78, 5) is 27.5. The molecule has 0 aliphatic carbocycles. The van der Waals surface area contributed by atoms with Crippen molar-refractivity contribution in [2.75, 3.05) is 0 Å². The second kappa shape index (κ2) is 5.92. The minimum Gasteiger partial charge on any atom is -0.460 e. The lowest BCUT2D eigenvalue weighted by Crippen LogP contribution is -2.47. The molecule has 0 saturated carbocycles. The maximum Gasteiger partial charge on any atom is 0.317 e. The topological polar surface area (TPSA) is 101 Å². The molecule has 0 bridgehead atoms. The summed E-state index contributed by atoms with van der Waals surface area (Å²) in [6.07, 6.45) is 2.28. The first kappa shape index (κ1) is 16.2. The normalized spacial score (nSPS) is 24.5. The highest BCUT2D eigenvalue weighted by molar-refractivity contribution is 5.79. The Hall–Kier alpha value is -2.15. The zero-order chi connectivity index (χ0) is 16.4. The van der Waals surface area contributed by atoms with Crippen molar-refractivity contribution in [2.24, 2.45) is 0 Å². The van der Waals surface area contributed by atoms with Crippen LogP contribution in [-0.2, 0) is 15.1 Å². The number of pyridine rings is 1.